The van der Waals surface area contributed by atoms with Gasteiger partial charge in [0.2, 0.25) is 11.8 Å². The molecule has 1 aliphatic rings. The molecule has 0 unspecified atom stereocenters. The molecule has 0 aliphatic carbocycles. The van der Waals surface area contributed by atoms with Crippen LogP contribution in [0.25, 0.3) is 22.5 Å². The number of nitrogens with two attached hydrogens (primary N) is 1. The van der Waals surface area contributed by atoms with Gasteiger partial charge >= 0.3 is 6.03 Å². The minimum Gasteiger partial charge on any atom is -0.377 e. The lowest BCUT2D eigenvalue weighted by Crippen LogP contribution is -2.33. The number of aromatic nitrogens is 3. The highest BCUT2D eigenvalue weighted by molar-refractivity contribution is 6.01. The van der Waals surface area contributed by atoms with Crippen molar-refractivity contribution in [2.24, 2.45) is 11.7 Å². The standard InChI is InChI=1S/C37H53N7O6.C3H8/c1-28(2)11-5-3-4-10-18-39-33(45)16-17-34(46)43-27-29-12-6-7-13-30(29)36-35(31-14-8-9-15-32(31)43)41-42-44(36)20-22-49-24-26-50-25-23-48-21-19-40-37(38)47;1-3-2/h6-9,12-15,28H,3-5,10-11,16-27H2,1-2H3,(H,39,45)(H3,38,40,47);3H2,1-2H3. The number of hydrogen-bond acceptors (Lipinski definition) is 8. The van der Waals surface area contributed by atoms with Gasteiger partial charge in [0, 0.05) is 37.1 Å². The fourth-order valence-electron chi connectivity index (χ4n) is 5.84. The van der Waals surface area contributed by atoms with E-state index in [-0.39, 0.29) is 24.7 Å². The van der Waals surface area contributed by atoms with Crippen molar-refractivity contribution >= 4 is 23.5 Å². The second-order valence-electron chi connectivity index (χ2n) is 13.4. The maximum Gasteiger partial charge on any atom is 0.312 e. The molecule has 1 aliphatic heterocycles. The van der Waals surface area contributed by atoms with Crippen molar-refractivity contribution in [2.45, 2.75) is 92.2 Å². The van der Waals surface area contributed by atoms with E-state index in [0.29, 0.717) is 71.5 Å². The number of unbranched alkanes of at least 4 members (excludes halogenated alkanes) is 3. The van der Waals surface area contributed by atoms with Crippen LogP contribution in [0.4, 0.5) is 10.5 Å². The Balaban J connectivity index is 0.00000243. The number of fused-ring (bicyclic) bond motifs is 5. The number of carbonyl (C=O) groups excluding carboxylic acids is 3. The second kappa shape index (κ2) is 24.8. The molecule has 0 saturated heterocycles. The van der Waals surface area contributed by atoms with Gasteiger partial charge in [-0.25, -0.2) is 9.48 Å². The number of amides is 4. The maximum atomic E-state index is 13.8. The number of nitrogens with zero attached hydrogens (tertiary/aromatic N) is 4. The molecule has 13 nitrogen and oxygen atoms in total. The van der Waals surface area contributed by atoms with Gasteiger partial charge in [0.25, 0.3) is 0 Å². The number of para-hydroxylation sites is 1. The molecule has 0 atom stereocenters. The minimum atomic E-state index is -0.575. The van der Waals surface area contributed by atoms with Crippen molar-refractivity contribution in [3.05, 3.63) is 54.1 Å². The maximum absolute atomic E-state index is 13.8. The topological polar surface area (TPSA) is 163 Å². The Labute approximate surface area is 315 Å². The fourth-order valence-corrected chi connectivity index (χ4v) is 5.84. The molecular weight excluding hydrogens is 674 g/mol. The number of carbonyl (C=O) groups is 3. The zero-order valence-corrected chi connectivity index (χ0v) is 32.2. The summed E-state index contributed by atoms with van der Waals surface area (Å²) < 4.78 is 18.6. The molecule has 0 radical (unpaired) electrons. The molecule has 292 valence electrons. The number of ether oxygens (including phenoxy) is 3. The smallest absolute Gasteiger partial charge is 0.312 e. The van der Waals surface area contributed by atoms with Crippen LogP contribution in [0.3, 0.4) is 0 Å². The predicted octanol–water partition coefficient (Wildman–Crippen LogP) is 6.10. The first-order valence-electron chi connectivity index (χ1n) is 19.2. The van der Waals surface area contributed by atoms with E-state index >= 15 is 0 Å². The number of nitrogens with one attached hydrogen (secondary N) is 2. The molecule has 53 heavy (non-hydrogen) atoms. The molecule has 0 spiro atoms. The van der Waals surface area contributed by atoms with E-state index in [4.69, 9.17) is 19.9 Å². The molecule has 4 rings (SSSR count). The highest BCUT2D eigenvalue weighted by Gasteiger charge is 2.29. The Hall–Kier alpha value is -4.33. The molecule has 0 bridgehead atoms. The van der Waals surface area contributed by atoms with Crippen molar-refractivity contribution in [2.75, 3.05) is 57.6 Å². The van der Waals surface area contributed by atoms with Gasteiger partial charge in [0.05, 0.1) is 64.1 Å². The van der Waals surface area contributed by atoms with Crippen LogP contribution in [0.15, 0.2) is 48.5 Å². The van der Waals surface area contributed by atoms with Crippen LogP contribution < -0.4 is 21.3 Å². The van der Waals surface area contributed by atoms with Crippen molar-refractivity contribution in [1.29, 1.82) is 0 Å². The molecule has 2 aromatic carbocycles. The lowest BCUT2D eigenvalue weighted by molar-refractivity contribution is -0.125. The Kier molecular flexibility index (Phi) is 20.2. The Morgan fingerprint density at radius 2 is 1.43 bits per heavy atom. The van der Waals surface area contributed by atoms with Crippen LogP contribution in [-0.2, 0) is 36.9 Å². The molecule has 2 heterocycles. The first-order valence-corrected chi connectivity index (χ1v) is 19.2. The SMILES string of the molecule is CC(C)CCCCCCNC(=O)CCC(=O)N1Cc2ccccc2-c2c(nnn2CCOCCOCCOCCNC(N)=O)-c2ccccc21.CCC. The summed E-state index contributed by atoms with van der Waals surface area (Å²) in [5.74, 6) is 0.514. The Morgan fingerprint density at radius 3 is 2.15 bits per heavy atom. The van der Waals surface area contributed by atoms with E-state index in [1.807, 2.05) is 53.2 Å². The number of primary amides is 1. The van der Waals surface area contributed by atoms with Crippen molar-refractivity contribution < 1.29 is 28.6 Å². The summed E-state index contributed by atoms with van der Waals surface area (Å²) in [6.07, 6.45) is 7.20. The third kappa shape index (κ3) is 15.3. The molecule has 0 saturated carbocycles. The lowest BCUT2D eigenvalue weighted by atomic mass is 9.95. The summed E-state index contributed by atoms with van der Waals surface area (Å²) in [6, 6.07) is 15.1. The molecule has 3 aromatic rings. The zero-order valence-electron chi connectivity index (χ0n) is 32.2. The van der Waals surface area contributed by atoms with E-state index in [1.165, 1.54) is 25.7 Å². The molecule has 13 heteroatoms. The van der Waals surface area contributed by atoms with E-state index < -0.39 is 6.03 Å². The molecule has 4 N–H and O–H groups in total. The highest BCUT2D eigenvalue weighted by Crippen LogP contribution is 2.41. The third-order valence-electron chi connectivity index (χ3n) is 8.42. The van der Waals surface area contributed by atoms with E-state index in [9.17, 15) is 14.4 Å². The summed E-state index contributed by atoms with van der Waals surface area (Å²) in [5.41, 5.74) is 10.0. The van der Waals surface area contributed by atoms with Crippen molar-refractivity contribution in [3.8, 4) is 22.5 Å². The lowest BCUT2D eigenvalue weighted by Gasteiger charge is -2.28. The van der Waals surface area contributed by atoms with Crippen LogP contribution in [0.5, 0.6) is 0 Å². The Bertz CT molecular complexity index is 1530. The number of benzene rings is 2. The van der Waals surface area contributed by atoms with E-state index in [0.717, 1.165) is 46.8 Å². The normalized spacial score (nSPS) is 11.8. The number of hydrogen-bond donors (Lipinski definition) is 3. The quantitative estimate of drug-likeness (QED) is 0.104. The van der Waals surface area contributed by atoms with Crippen LogP contribution in [0.2, 0.25) is 0 Å². The highest BCUT2D eigenvalue weighted by atomic mass is 16.5. The summed E-state index contributed by atoms with van der Waals surface area (Å²) in [6.45, 7) is 13.0. The summed E-state index contributed by atoms with van der Waals surface area (Å²) in [5, 5.41) is 14.6. The number of rotatable bonds is 22. The van der Waals surface area contributed by atoms with Crippen molar-refractivity contribution in [1.82, 2.24) is 25.6 Å². The third-order valence-corrected chi connectivity index (χ3v) is 8.42. The first kappa shape index (κ1) is 43.1. The Morgan fingerprint density at radius 1 is 0.792 bits per heavy atom. The minimum absolute atomic E-state index is 0.0965. The van der Waals surface area contributed by atoms with Crippen LogP contribution in [0, 0.1) is 5.92 Å². The average Bonchev–Trinajstić information content (AvgIpc) is 3.55. The predicted molar refractivity (Wildman–Crippen MR) is 208 cm³/mol. The molecule has 0 fully saturated rings. The molecular formula is C40H61N7O6. The molecule has 4 amide bonds. The van der Waals surface area contributed by atoms with Gasteiger partial charge in [0.15, 0.2) is 0 Å². The van der Waals surface area contributed by atoms with Crippen LogP contribution in [-0.4, -0.2) is 85.6 Å². The van der Waals surface area contributed by atoms with Gasteiger partial charge in [-0.05, 0) is 24.0 Å². The largest absolute Gasteiger partial charge is 0.377 e. The summed E-state index contributed by atoms with van der Waals surface area (Å²) >= 11 is 0. The first-order chi connectivity index (χ1) is 25.8. The van der Waals surface area contributed by atoms with E-state index in [2.05, 4.69) is 48.6 Å². The zero-order chi connectivity index (χ0) is 38.3. The number of urea groups is 1. The summed E-state index contributed by atoms with van der Waals surface area (Å²) in [7, 11) is 0. The van der Waals surface area contributed by atoms with Crippen molar-refractivity contribution in [3.63, 3.8) is 0 Å². The number of anilines is 1. The fraction of sp³-hybridized carbons (Fsp3) is 0.575. The monoisotopic (exact) mass is 735 g/mol. The van der Waals surface area contributed by atoms with Gasteiger partial charge in [0.1, 0.15) is 5.69 Å². The van der Waals surface area contributed by atoms with Crippen LogP contribution in [0.1, 0.15) is 84.6 Å². The van der Waals surface area contributed by atoms with Crippen LogP contribution >= 0.6 is 0 Å². The van der Waals surface area contributed by atoms with Gasteiger partial charge < -0.3 is 35.5 Å². The van der Waals surface area contributed by atoms with Gasteiger partial charge in [-0.2, -0.15) is 0 Å². The van der Waals surface area contributed by atoms with Gasteiger partial charge in [-0.3, -0.25) is 9.59 Å². The second-order valence-corrected chi connectivity index (χ2v) is 13.4. The summed E-state index contributed by atoms with van der Waals surface area (Å²) in [4.78, 5) is 38.8. The van der Waals surface area contributed by atoms with E-state index in [1.54, 1.807) is 4.90 Å². The van der Waals surface area contributed by atoms with Gasteiger partial charge in [-0.15, -0.1) is 5.10 Å². The molecule has 1 aromatic heterocycles. The van der Waals surface area contributed by atoms with Gasteiger partial charge in [-0.1, -0.05) is 107 Å². The average molecular weight is 736 g/mol.